The fraction of sp³-hybridized carbons (Fsp3) is 0.150. The van der Waals surface area contributed by atoms with Gasteiger partial charge in [0.05, 0.1) is 4.90 Å². The molecule has 1 amide bonds. The second-order valence-electron chi connectivity index (χ2n) is 6.65. The van der Waals surface area contributed by atoms with Crippen molar-refractivity contribution in [3.63, 3.8) is 0 Å². The molecule has 0 saturated carbocycles. The molecule has 14 heteroatoms. The Kier molecular flexibility index (Phi) is 7.00. The van der Waals surface area contributed by atoms with Crippen LogP contribution in [0.3, 0.4) is 0 Å². The van der Waals surface area contributed by atoms with E-state index in [0.717, 1.165) is 36.6 Å². The third-order valence-corrected chi connectivity index (χ3v) is 5.19. The molecule has 0 fully saturated rings. The van der Waals surface area contributed by atoms with Crippen LogP contribution in [0.25, 0.3) is 0 Å². The Morgan fingerprint density at radius 2 is 1.65 bits per heavy atom. The highest BCUT2D eigenvalue weighted by atomic mass is 32.2. The van der Waals surface area contributed by atoms with Crippen LogP contribution in [0.2, 0.25) is 0 Å². The lowest BCUT2D eigenvalue weighted by Gasteiger charge is -2.13. The summed E-state index contributed by atoms with van der Waals surface area (Å²) in [7, 11) is -3.62. The lowest BCUT2D eigenvalue weighted by Crippen LogP contribution is -2.18. The Morgan fingerprint density at radius 1 is 1.00 bits per heavy atom. The van der Waals surface area contributed by atoms with Crippen LogP contribution >= 0.6 is 0 Å². The smallest absolute Gasteiger partial charge is 0.435 e. The number of carbonyl (C=O) groups excluding carboxylic acids is 1. The van der Waals surface area contributed by atoms with Crippen molar-refractivity contribution in [2.45, 2.75) is 17.7 Å². The zero-order valence-corrected chi connectivity index (χ0v) is 17.8. The lowest BCUT2D eigenvalue weighted by atomic mass is 10.2. The first-order valence-corrected chi connectivity index (χ1v) is 11.0. The molecule has 8 nitrogen and oxygen atoms in total. The monoisotopic (exact) mass is 503 g/mol. The Hall–Kier alpha value is -3.81. The molecule has 1 N–H and O–H groups in total. The number of anilines is 1. The van der Waals surface area contributed by atoms with E-state index in [1.165, 1.54) is 18.2 Å². The summed E-state index contributed by atoms with van der Waals surface area (Å²) in [4.78, 5) is 12.6. The highest BCUT2D eigenvalue weighted by Gasteiger charge is 2.35. The number of benzene rings is 2. The van der Waals surface area contributed by atoms with Crippen molar-refractivity contribution < 1.29 is 44.6 Å². The first-order valence-electron chi connectivity index (χ1n) is 9.12. The molecule has 2 aromatic carbocycles. The summed E-state index contributed by atoms with van der Waals surface area (Å²) >= 11 is 0. The number of alkyl halides is 5. The normalized spacial score (nSPS) is 11.9. The number of amides is 1. The van der Waals surface area contributed by atoms with E-state index in [2.05, 4.69) is 20.3 Å². The summed E-state index contributed by atoms with van der Waals surface area (Å²) in [6, 6.07) is 10.00. The second kappa shape index (κ2) is 9.59. The van der Waals surface area contributed by atoms with E-state index in [-0.39, 0.29) is 22.1 Å². The first-order chi connectivity index (χ1) is 15.8. The summed E-state index contributed by atoms with van der Waals surface area (Å²) in [5.41, 5.74) is -2.16. The van der Waals surface area contributed by atoms with Crippen molar-refractivity contribution in [1.29, 1.82) is 0 Å². The number of nitrogens with one attached hydrogen (secondary N) is 1. The predicted octanol–water partition coefficient (Wildman–Crippen LogP) is 4.54. The molecule has 0 atom stereocenters. The van der Waals surface area contributed by atoms with Crippen LogP contribution in [0.5, 0.6) is 17.4 Å². The van der Waals surface area contributed by atoms with Gasteiger partial charge in [-0.25, -0.2) is 8.42 Å². The molecule has 0 aliphatic heterocycles. The van der Waals surface area contributed by atoms with Gasteiger partial charge >= 0.3 is 12.8 Å². The van der Waals surface area contributed by atoms with E-state index in [4.69, 9.17) is 4.74 Å². The third kappa shape index (κ3) is 6.37. The number of ether oxygens (including phenoxy) is 2. The molecule has 1 aromatic heterocycles. The van der Waals surface area contributed by atoms with Crippen LogP contribution in [-0.4, -0.2) is 37.4 Å². The minimum Gasteiger partial charge on any atom is -0.437 e. The molecular formula is C20H14F5N3O5S. The highest BCUT2D eigenvalue weighted by Crippen LogP contribution is 2.32. The molecule has 0 radical (unpaired) electrons. The van der Waals surface area contributed by atoms with Crippen LogP contribution in [-0.2, 0) is 16.0 Å². The molecule has 0 spiro atoms. The molecular weight excluding hydrogens is 489 g/mol. The molecule has 0 unspecified atom stereocenters. The standard InChI is InChI=1S/C20H14F5N3O5S/c1-34(30,31)14-4-2-3-11(9-14)26-17(29)15-10-16(20(23,24)25)27-28-18(15)32-12-5-7-13(8-6-12)33-19(21)22/h2-10,19H,1H3,(H,26,29). The largest absolute Gasteiger partial charge is 0.437 e. The molecule has 3 aromatic rings. The number of hydrogen-bond donors (Lipinski definition) is 1. The Labute approximate surface area is 189 Å². The van der Waals surface area contributed by atoms with Crippen LogP contribution < -0.4 is 14.8 Å². The maximum Gasteiger partial charge on any atom is 0.435 e. The van der Waals surface area contributed by atoms with Gasteiger partial charge in [0.2, 0.25) is 0 Å². The van der Waals surface area contributed by atoms with Gasteiger partial charge in [-0.05, 0) is 48.5 Å². The minimum atomic E-state index is -4.93. The van der Waals surface area contributed by atoms with Crippen molar-refractivity contribution in [3.05, 3.63) is 65.9 Å². The van der Waals surface area contributed by atoms with Gasteiger partial charge in [0, 0.05) is 11.9 Å². The van der Waals surface area contributed by atoms with E-state index in [9.17, 15) is 35.2 Å². The average molecular weight is 503 g/mol. The van der Waals surface area contributed by atoms with Gasteiger partial charge in [0.1, 0.15) is 17.1 Å². The number of sulfone groups is 1. The predicted molar refractivity (Wildman–Crippen MR) is 108 cm³/mol. The fourth-order valence-corrected chi connectivity index (χ4v) is 3.23. The van der Waals surface area contributed by atoms with Crippen molar-refractivity contribution in [1.82, 2.24) is 10.2 Å². The van der Waals surface area contributed by atoms with Gasteiger partial charge in [-0.3, -0.25) is 4.79 Å². The van der Waals surface area contributed by atoms with Gasteiger partial charge in [0.15, 0.2) is 15.5 Å². The summed E-state index contributed by atoms with van der Waals surface area (Å²) < 4.78 is 96.9. The molecule has 1 heterocycles. The molecule has 0 aliphatic rings. The van der Waals surface area contributed by atoms with E-state index in [1.807, 2.05) is 0 Å². The van der Waals surface area contributed by atoms with Crippen LogP contribution in [0.15, 0.2) is 59.5 Å². The van der Waals surface area contributed by atoms with Gasteiger partial charge in [0.25, 0.3) is 11.8 Å². The topological polar surface area (TPSA) is 107 Å². The number of rotatable bonds is 7. The SMILES string of the molecule is CS(=O)(=O)c1cccc(NC(=O)c2cc(C(F)(F)F)nnc2Oc2ccc(OC(F)F)cc2)c1. The third-order valence-electron chi connectivity index (χ3n) is 4.08. The first kappa shape index (κ1) is 24.8. The van der Waals surface area contributed by atoms with Gasteiger partial charge in [-0.2, -0.15) is 22.0 Å². The Morgan fingerprint density at radius 3 is 2.24 bits per heavy atom. The zero-order chi connectivity index (χ0) is 25.1. The number of halogens is 5. The van der Waals surface area contributed by atoms with E-state index < -0.39 is 45.7 Å². The summed E-state index contributed by atoms with van der Waals surface area (Å²) in [5.74, 6) is -1.99. The molecule has 0 aliphatic carbocycles. The summed E-state index contributed by atoms with van der Waals surface area (Å²) in [6.45, 7) is -3.07. The van der Waals surface area contributed by atoms with Gasteiger partial charge in [-0.1, -0.05) is 6.07 Å². The number of carbonyl (C=O) groups is 1. The van der Waals surface area contributed by atoms with Crippen molar-refractivity contribution in [2.75, 3.05) is 11.6 Å². The average Bonchev–Trinajstić information content (AvgIpc) is 2.74. The van der Waals surface area contributed by atoms with Gasteiger partial charge in [-0.15, -0.1) is 10.2 Å². The van der Waals surface area contributed by atoms with E-state index >= 15 is 0 Å². The quantitative estimate of drug-likeness (QED) is 0.472. The second-order valence-corrected chi connectivity index (χ2v) is 8.67. The Bertz CT molecular complexity index is 1300. The molecule has 180 valence electrons. The summed E-state index contributed by atoms with van der Waals surface area (Å²) in [6.07, 6.45) is -3.98. The van der Waals surface area contributed by atoms with Crippen molar-refractivity contribution in [2.24, 2.45) is 0 Å². The maximum atomic E-state index is 13.1. The molecule has 34 heavy (non-hydrogen) atoms. The Balaban J connectivity index is 1.93. The minimum absolute atomic E-state index is 0.0160. The number of aromatic nitrogens is 2. The van der Waals surface area contributed by atoms with Crippen LogP contribution in [0.1, 0.15) is 16.1 Å². The van der Waals surface area contributed by atoms with E-state index in [0.29, 0.717) is 6.07 Å². The molecule has 3 rings (SSSR count). The van der Waals surface area contributed by atoms with Crippen molar-refractivity contribution in [3.8, 4) is 17.4 Å². The van der Waals surface area contributed by atoms with Crippen molar-refractivity contribution >= 4 is 21.4 Å². The molecule has 0 bridgehead atoms. The van der Waals surface area contributed by atoms with Crippen LogP contribution in [0, 0.1) is 0 Å². The fourth-order valence-electron chi connectivity index (χ4n) is 2.56. The van der Waals surface area contributed by atoms with Gasteiger partial charge < -0.3 is 14.8 Å². The van der Waals surface area contributed by atoms with Crippen LogP contribution in [0.4, 0.5) is 27.6 Å². The zero-order valence-electron chi connectivity index (χ0n) is 17.0. The summed E-state index contributed by atoms with van der Waals surface area (Å²) in [5, 5.41) is 8.63. The number of hydrogen-bond acceptors (Lipinski definition) is 7. The highest BCUT2D eigenvalue weighted by molar-refractivity contribution is 7.90. The van der Waals surface area contributed by atoms with E-state index in [1.54, 1.807) is 0 Å². The number of nitrogens with zero attached hydrogens (tertiary/aromatic N) is 2. The molecule has 0 saturated heterocycles. The lowest BCUT2D eigenvalue weighted by molar-refractivity contribution is -0.141. The maximum absolute atomic E-state index is 13.1.